The molecule has 0 aliphatic rings. The van der Waals surface area contributed by atoms with Crippen LogP contribution in [0.3, 0.4) is 0 Å². The fourth-order valence-corrected chi connectivity index (χ4v) is 1.34. The molecule has 4 nitrogen and oxygen atoms in total. The van der Waals surface area contributed by atoms with Crippen LogP contribution in [0.5, 0.6) is 0 Å². The molecule has 0 spiro atoms. The van der Waals surface area contributed by atoms with Gasteiger partial charge in [-0.05, 0) is 25.1 Å². The monoisotopic (exact) mass is 214 g/mol. The number of nitrogens with two attached hydrogens (primary N) is 1. The van der Waals surface area contributed by atoms with Crippen LogP contribution in [0.1, 0.15) is 11.3 Å². The number of nitrogens with one attached hydrogen (secondary N) is 1. The summed E-state index contributed by atoms with van der Waals surface area (Å²) in [6.07, 6.45) is 1.70. The maximum Gasteiger partial charge on any atom is 0.227 e. The van der Waals surface area contributed by atoms with Crippen LogP contribution in [-0.4, -0.2) is 9.97 Å². The SMILES string of the molecule is Cc1ccc(Nc2nccc(CN)n2)cc1. The lowest BCUT2D eigenvalue weighted by Gasteiger charge is -2.05. The summed E-state index contributed by atoms with van der Waals surface area (Å²) >= 11 is 0. The van der Waals surface area contributed by atoms with Gasteiger partial charge in [0.05, 0.1) is 5.69 Å². The van der Waals surface area contributed by atoms with Gasteiger partial charge < -0.3 is 11.1 Å². The summed E-state index contributed by atoms with van der Waals surface area (Å²) in [4.78, 5) is 8.39. The Balaban J connectivity index is 2.16. The molecule has 2 rings (SSSR count). The van der Waals surface area contributed by atoms with Gasteiger partial charge in [0, 0.05) is 18.4 Å². The zero-order valence-corrected chi connectivity index (χ0v) is 9.14. The Morgan fingerprint density at radius 3 is 2.62 bits per heavy atom. The van der Waals surface area contributed by atoms with E-state index in [1.165, 1.54) is 5.56 Å². The van der Waals surface area contributed by atoms with Crippen LogP contribution in [0.4, 0.5) is 11.6 Å². The van der Waals surface area contributed by atoms with Crippen LogP contribution < -0.4 is 11.1 Å². The Morgan fingerprint density at radius 1 is 1.19 bits per heavy atom. The minimum absolute atomic E-state index is 0.422. The normalized spacial score (nSPS) is 10.1. The smallest absolute Gasteiger partial charge is 0.227 e. The number of rotatable bonds is 3. The second-order valence-electron chi connectivity index (χ2n) is 3.57. The van der Waals surface area contributed by atoms with Crippen molar-refractivity contribution >= 4 is 11.6 Å². The summed E-state index contributed by atoms with van der Waals surface area (Å²) in [5.41, 5.74) is 8.53. The Kier molecular flexibility index (Phi) is 3.12. The van der Waals surface area contributed by atoms with Gasteiger partial charge in [0.2, 0.25) is 5.95 Å². The molecule has 16 heavy (non-hydrogen) atoms. The van der Waals surface area contributed by atoms with E-state index in [1.54, 1.807) is 12.3 Å². The third kappa shape index (κ3) is 2.55. The summed E-state index contributed by atoms with van der Waals surface area (Å²) in [5, 5.41) is 3.13. The first-order chi connectivity index (χ1) is 7.78. The Morgan fingerprint density at radius 2 is 1.94 bits per heavy atom. The van der Waals surface area contributed by atoms with Crippen LogP contribution in [-0.2, 0) is 6.54 Å². The molecule has 3 N–H and O–H groups in total. The van der Waals surface area contributed by atoms with Crippen molar-refractivity contribution in [3.63, 3.8) is 0 Å². The van der Waals surface area contributed by atoms with Crippen LogP contribution in [0.25, 0.3) is 0 Å². The average Bonchev–Trinajstić information content (AvgIpc) is 2.32. The van der Waals surface area contributed by atoms with Crippen molar-refractivity contribution < 1.29 is 0 Å². The molecule has 0 saturated carbocycles. The van der Waals surface area contributed by atoms with Gasteiger partial charge in [0.15, 0.2) is 0 Å². The van der Waals surface area contributed by atoms with E-state index in [2.05, 4.69) is 22.2 Å². The van der Waals surface area contributed by atoms with Crippen molar-refractivity contribution in [1.29, 1.82) is 0 Å². The molecule has 0 amide bonds. The number of hydrogen-bond donors (Lipinski definition) is 2. The van der Waals surface area contributed by atoms with Crippen LogP contribution >= 0.6 is 0 Å². The standard InChI is InChI=1S/C12H14N4/c1-9-2-4-10(5-3-9)15-12-14-7-6-11(8-13)16-12/h2-7H,8,13H2,1H3,(H,14,15,16). The summed E-state index contributed by atoms with van der Waals surface area (Å²) < 4.78 is 0. The minimum Gasteiger partial charge on any atom is -0.325 e. The summed E-state index contributed by atoms with van der Waals surface area (Å²) in [7, 11) is 0. The van der Waals surface area contributed by atoms with Gasteiger partial charge in [-0.15, -0.1) is 0 Å². The number of aromatic nitrogens is 2. The molecule has 0 aliphatic carbocycles. The van der Waals surface area contributed by atoms with Crippen molar-refractivity contribution in [2.24, 2.45) is 5.73 Å². The van der Waals surface area contributed by atoms with Crippen LogP contribution in [0, 0.1) is 6.92 Å². The fourth-order valence-electron chi connectivity index (χ4n) is 1.34. The van der Waals surface area contributed by atoms with Gasteiger partial charge in [-0.3, -0.25) is 0 Å². The third-order valence-electron chi connectivity index (χ3n) is 2.23. The van der Waals surface area contributed by atoms with Crippen molar-refractivity contribution in [3.05, 3.63) is 47.8 Å². The zero-order valence-electron chi connectivity index (χ0n) is 9.14. The summed E-state index contributed by atoms with van der Waals surface area (Å²) in [5.74, 6) is 0.576. The average molecular weight is 214 g/mol. The van der Waals surface area contributed by atoms with E-state index in [0.717, 1.165) is 11.4 Å². The third-order valence-corrected chi connectivity index (χ3v) is 2.23. The largest absolute Gasteiger partial charge is 0.325 e. The molecule has 1 aromatic carbocycles. The van der Waals surface area contributed by atoms with Crippen LogP contribution in [0.2, 0.25) is 0 Å². The van der Waals surface area contributed by atoms with E-state index in [1.807, 2.05) is 24.3 Å². The maximum atomic E-state index is 5.51. The van der Waals surface area contributed by atoms with E-state index in [4.69, 9.17) is 5.73 Å². The highest BCUT2D eigenvalue weighted by molar-refractivity contribution is 5.53. The maximum absolute atomic E-state index is 5.51. The Labute approximate surface area is 94.5 Å². The molecule has 0 radical (unpaired) electrons. The van der Waals surface area contributed by atoms with Crippen LogP contribution in [0.15, 0.2) is 36.5 Å². The number of hydrogen-bond acceptors (Lipinski definition) is 4. The lowest BCUT2D eigenvalue weighted by atomic mass is 10.2. The van der Waals surface area contributed by atoms with E-state index >= 15 is 0 Å². The van der Waals surface area contributed by atoms with E-state index in [0.29, 0.717) is 12.5 Å². The topological polar surface area (TPSA) is 63.8 Å². The molecule has 0 atom stereocenters. The molecule has 0 unspecified atom stereocenters. The molecule has 0 bridgehead atoms. The Bertz CT molecular complexity index is 465. The molecule has 0 aliphatic heterocycles. The first-order valence-electron chi connectivity index (χ1n) is 5.13. The highest BCUT2D eigenvalue weighted by Crippen LogP contribution is 2.13. The quantitative estimate of drug-likeness (QED) is 0.820. The molecular weight excluding hydrogens is 200 g/mol. The predicted octanol–water partition coefficient (Wildman–Crippen LogP) is 1.99. The lowest BCUT2D eigenvalue weighted by Crippen LogP contribution is -2.03. The number of aryl methyl sites for hydroxylation is 1. The van der Waals surface area contributed by atoms with Gasteiger partial charge in [-0.25, -0.2) is 9.97 Å². The number of nitrogens with zero attached hydrogens (tertiary/aromatic N) is 2. The molecule has 4 heteroatoms. The molecular formula is C12H14N4. The second-order valence-corrected chi connectivity index (χ2v) is 3.57. The first-order valence-corrected chi connectivity index (χ1v) is 5.13. The van der Waals surface area contributed by atoms with E-state index in [-0.39, 0.29) is 0 Å². The molecule has 1 heterocycles. The molecule has 2 aromatic rings. The second kappa shape index (κ2) is 4.72. The summed E-state index contributed by atoms with van der Waals surface area (Å²) in [6, 6.07) is 9.87. The van der Waals surface area contributed by atoms with Gasteiger partial charge >= 0.3 is 0 Å². The van der Waals surface area contributed by atoms with Gasteiger partial charge in [0.25, 0.3) is 0 Å². The number of benzene rings is 1. The lowest BCUT2D eigenvalue weighted by molar-refractivity contribution is 0.969. The highest BCUT2D eigenvalue weighted by Gasteiger charge is 1.98. The molecule has 0 fully saturated rings. The predicted molar refractivity (Wildman–Crippen MR) is 64.4 cm³/mol. The minimum atomic E-state index is 0.422. The highest BCUT2D eigenvalue weighted by atomic mass is 15.1. The van der Waals surface area contributed by atoms with E-state index < -0.39 is 0 Å². The van der Waals surface area contributed by atoms with Gasteiger partial charge in [-0.1, -0.05) is 17.7 Å². The summed E-state index contributed by atoms with van der Waals surface area (Å²) in [6.45, 7) is 2.47. The molecule has 0 saturated heterocycles. The van der Waals surface area contributed by atoms with Gasteiger partial charge in [0.1, 0.15) is 0 Å². The van der Waals surface area contributed by atoms with E-state index in [9.17, 15) is 0 Å². The molecule has 82 valence electrons. The zero-order chi connectivity index (χ0) is 11.4. The fraction of sp³-hybridized carbons (Fsp3) is 0.167. The number of anilines is 2. The van der Waals surface area contributed by atoms with Gasteiger partial charge in [-0.2, -0.15) is 0 Å². The van der Waals surface area contributed by atoms with Crippen molar-refractivity contribution in [2.75, 3.05) is 5.32 Å². The Hall–Kier alpha value is -1.94. The first kappa shape index (κ1) is 10.6. The van der Waals surface area contributed by atoms with Crippen molar-refractivity contribution in [2.45, 2.75) is 13.5 Å². The van der Waals surface area contributed by atoms with Crippen molar-refractivity contribution in [1.82, 2.24) is 9.97 Å². The molecule has 1 aromatic heterocycles. The van der Waals surface area contributed by atoms with Crippen molar-refractivity contribution in [3.8, 4) is 0 Å².